The van der Waals surface area contributed by atoms with Crippen molar-refractivity contribution in [2.24, 2.45) is 0 Å². The van der Waals surface area contributed by atoms with Crippen molar-refractivity contribution in [1.29, 1.82) is 5.26 Å². The zero-order chi connectivity index (χ0) is 15.3. The van der Waals surface area contributed by atoms with E-state index < -0.39 is 10.0 Å². The molecule has 0 radical (unpaired) electrons. The molecule has 0 unspecified atom stereocenters. The van der Waals surface area contributed by atoms with Crippen molar-refractivity contribution in [2.75, 3.05) is 12.3 Å². The lowest BCUT2D eigenvalue weighted by atomic mass is 10.2. The summed E-state index contributed by atoms with van der Waals surface area (Å²) in [5.74, 6) is 0. The number of hydrogen-bond donors (Lipinski definition) is 1. The number of nitrogens with zero attached hydrogens (tertiary/aromatic N) is 2. The predicted molar refractivity (Wildman–Crippen MR) is 80.5 cm³/mol. The fraction of sp³-hybridized carbons (Fsp3) is 0.133. The van der Waals surface area contributed by atoms with Crippen molar-refractivity contribution in [3.63, 3.8) is 0 Å². The second-order valence-corrected chi connectivity index (χ2v) is 6.42. The van der Waals surface area contributed by atoms with Crippen LogP contribution in [0.15, 0.2) is 59.5 Å². The number of nitrogen functional groups attached to an aromatic ring is 1. The van der Waals surface area contributed by atoms with E-state index in [0.29, 0.717) is 5.69 Å². The van der Waals surface area contributed by atoms with Crippen LogP contribution in [0.2, 0.25) is 0 Å². The van der Waals surface area contributed by atoms with Crippen LogP contribution >= 0.6 is 0 Å². The number of hydrogen-bond acceptors (Lipinski definition) is 4. The van der Waals surface area contributed by atoms with Gasteiger partial charge in [-0.3, -0.25) is 0 Å². The Hall–Kier alpha value is -2.36. The molecule has 0 heterocycles. The average molecular weight is 301 g/mol. The van der Waals surface area contributed by atoms with E-state index >= 15 is 0 Å². The smallest absolute Gasteiger partial charge is 0.244 e. The quantitative estimate of drug-likeness (QED) is 0.675. The van der Waals surface area contributed by atoms with Gasteiger partial charge in [-0.1, -0.05) is 30.3 Å². The molecule has 0 saturated carbocycles. The van der Waals surface area contributed by atoms with Crippen LogP contribution in [0.3, 0.4) is 0 Å². The molecule has 0 atom stereocenters. The van der Waals surface area contributed by atoms with Gasteiger partial charge in [-0.05, 0) is 29.8 Å². The summed E-state index contributed by atoms with van der Waals surface area (Å²) in [4.78, 5) is 0.128. The number of nitriles is 1. The third-order valence-corrected chi connectivity index (χ3v) is 4.77. The SMILES string of the molecule is N#CCN(Cc1ccccc1)S(=O)(=O)c1ccc(N)cc1. The van der Waals surface area contributed by atoms with Crippen LogP contribution in [0.1, 0.15) is 5.56 Å². The summed E-state index contributed by atoms with van der Waals surface area (Å²) < 4.78 is 26.3. The lowest BCUT2D eigenvalue weighted by molar-refractivity contribution is 0.441. The first-order valence-electron chi connectivity index (χ1n) is 6.30. The summed E-state index contributed by atoms with van der Waals surface area (Å²) >= 11 is 0. The molecule has 0 amide bonds. The molecule has 0 aliphatic carbocycles. The maximum Gasteiger partial charge on any atom is 0.244 e. The minimum Gasteiger partial charge on any atom is -0.399 e. The lowest BCUT2D eigenvalue weighted by Crippen LogP contribution is -2.31. The zero-order valence-electron chi connectivity index (χ0n) is 11.3. The Morgan fingerprint density at radius 3 is 2.24 bits per heavy atom. The van der Waals surface area contributed by atoms with Gasteiger partial charge < -0.3 is 5.73 Å². The van der Waals surface area contributed by atoms with Crippen LogP contribution in [-0.4, -0.2) is 19.3 Å². The molecule has 0 fully saturated rings. The molecular formula is C15H15N3O2S. The van der Waals surface area contributed by atoms with E-state index in [0.717, 1.165) is 9.87 Å². The minimum absolute atomic E-state index is 0.128. The van der Waals surface area contributed by atoms with Crippen LogP contribution in [0.25, 0.3) is 0 Å². The first kappa shape index (κ1) is 15.0. The van der Waals surface area contributed by atoms with Gasteiger partial charge in [0.25, 0.3) is 0 Å². The molecule has 0 aliphatic heterocycles. The molecule has 0 saturated heterocycles. The number of rotatable bonds is 5. The predicted octanol–water partition coefficient (Wildman–Crippen LogP) is 1.98. The molecule has 6 heteroatoms. The van der Waals surface area contributed by atoms with E-state index in [2.05, 4.69) is 0 Å². The van der Waals surface area contributed by atoms with E-state index in [4.69, 9.17) is 11.0 Å². The largest absolute Gasteiger partial charge is 0.399 e. The van der Waals surface area contributed by atoms with Crippen molar-refractivity contribution in [2.45, 2.75) is 11.4 Å². The molecule has 21 heavy (non-hydrogen) atoms. The number of sulfonamides is 1. The van der Waals surface area contributed by atoms with Crippen molar-refractivity contribution < 1.29 is 8.42 Å². The van der Waals surface area contributed by atoms with Crippen LogP contribution in [0, 0.1) is 11.3 Å². The van der Waals surface area contributed by atoms with E-state index in [1.54, 1.807) is 0 Å². The standard InChI is InChI=1S/C15H15N3O2S/c16-10-11-18(12-13-4-2-1-3-5-13)21(19,20)15-8-6-14(17)7-9-15/h1-9H,11-12,17H2. The molecule has 2 N–H and O–H groups in total. The Balaban J connectivity index is 2.32. The third kappa shape index (κ3) is 3.60. The van der Waals surface area contributed by atoms with Crippen molar-refractivity contribution in [3.05, 3.63) is 60.2 Å². The summed E-state index contributed by atoms with van der Waals surface area (Å²) in [5.41, 5.74) is 6.88. The highest BCUT2D eigenvalue weighted by Gasteiger charge is 2.24. The molecule has 0 aliphatic rings. The molecule has 5 nitrogen and oxygen atoms in total. The van der Waals surface area contributed by atoms with Crippen molar-refractivity contribution in [3.8, 4) is 6.07 Å². The Kier molecular flexibility index (Phi) is 4.58. The van der Waals surface area contributed by atoms with E-state index in [-0.39, 0.29) is 18.0 Å². The summed E-state index contributed by atoms with van der Waals surface area (Å²) in [6.45, 7) is -0.0529. The van der Waals surface area contributed by atoms with Crippen LogP contribution < -0.4 is 5.73 Å². The average Bonchev–Trinajstić information content (AvgIpc) is 2.48. The fourth-order valence-corrected chi connectivity index (χ4v) is 3.21. The second kappa shape index (κ2) is 6.39. The van der Waals surface area contributed by atoms with E-state index in [1.165, 1.54) is 24.3 Å². The van der Waals surface area contributed by atoms with Gasteiger partial charge in [-0.2, -0.15) is 9.57 Å². The van der Waals surface area contributed by atoms with Gasteiger partial charge in [-0.25, -0.2) is 8.42 Å². The summed E-state index contributed by atoms with van der Waals surface area (Å²) in [6, 6.07) is 17.0. The Labute approximate surface area is 124 Å². The summed E-state index contributed by atoms with van der Waals surface area (Å²) in [6.07, 6.45) is 0. The van der Waals surface area contributed by atoms with Gasteiger partial charge in [0.2, 0.25) is 10.0 Å². The highest BCUT2D eigenvalue weighted by Crippen LogP contribution is 2.19. The van der Waals surface area contributed by atoms with Gasteiger partial charge in [0.05, 0.1) is 11.0 Å². The number of anilines is 1. The van der Waals surface area contributed by atoms with Crippen LogP contribution in [0.4, 0.5) is 5.69 Å². The Morgan fingerprint density at radius 1 is 1.05 bits per heavy atom. The lowest BCUT2D eigenvalue weighted by Gasteiger charge is -2.19. The highest BCUT2D eigenvalue weighted by molar-refractivity contribution is 7.89. The van der Waals surface area contributed by atoms with Crippen LogP contribution in [0.5, 0.6) is 0 Å². The monoisotopic (exact) mass is 301 g/mol. The molecule has 108 valence electrons. The molecule has 2 aromatic rings. The molecular weight excluding hydrogens is 286 g/mol. The number of benzene rings is 2. The maximum atomic E-state index is 12.6. The van der Waals surface area contributed by atoms with Gasteiger partial charge >= 0.3 is 0 Å². The highest BCUT2D eigenvalue weighted by atomic mass is 32.2. The minimum atomic E-state index is -3.72. The third-order valence-electron chi connectivity index (χ3n) is 2.97. The topological polar surface area (TPSA) is 87.2 Å². The van der Waals surface area contributed by atoms with Gasteiger partial charge in [-0.15, -0.1) is 0 Å². The molecule has 2 rings (SSSR count). The van der Waals surface area contributed by atoms with Gasteiger partial charge in [0.15, 0.2) is 0 Å². The van der Waals surface area contributed by atoms with Crippen molar-refractivity contribution >= 4 is 15.7 Å². The summed E-state index contributed by atoms with van der Waals surface area (Å²) in [5, 5.41) is 8.89. The Morgan fingerprint density at radius 2 is 1.67 bits per heavy atom. The maximum absolute atomic E-state index is 12.6. The molecule has 0 aromatic heterocycles. The fourth-order valence-electron chi connectivity index (χ4n) is 1.88. The van der Waals surface area contributed by atoms with Crippen LogP contribution in [-0.2, 0) is 16.6 Å². The van der Waals surface area contributed by atoms with E-state index in [1.807, 2.05) is 36.4 Å². The van der Waals surface area contributed by atoms with Gasteiger partial charge in [0, 0.05) is 12.2 Å². The second-order valence-electron chi connectivity index (χ2n) is 4.49. The first-order valence-corrected chi connectivity index (χ1v) is 7.74. The van der Waals surface area contributed by atoms with E-state index in [9.17, 15) is 8.42 Å². The number of nitrogens with two attached hydrogens (primary N) is 1. The zero-order valence-corrected chi connectivity index (χ0v) is 12.1. The molecule has 0 bridgehead atoms. The summed E-state index contributed by atoms with van der Waals surface area (Å²) in [7, 11) is -3.72. The normalized spacial score (nSPS) is 11.2. The first-order chi connectivity index (χ1) is 10.0. The Bertz CT molecular complexity index is 735. The molecule has 2 aromatic carbocycles. The van der Waals surface area contributed by atoms with Crippen molar-refractivity contribution in [1.82, 2.24) is 4.31 Å². The molecule has 0 spiro atoms. The van der Waals surface area contributed by atoms with Gasteiger partial charge in [0.1, 0.15) is 6.54 Å².